The molecule has 0 saturated heterocycles. The Morgan fingerprint density at radius 2 is 2.10 bits per heavy atom. The van der Waals surface area contributed by atoms with Gasteiger partial charge in [0.15, 0.2) is 0 Å². The lowest BCUT2D eigenvalue weighted by molar-refractivity contribution is 0.0699. The molecule has 0 heterocycles. The first-order valence-corrected chi connectivity index (χ1v) is 3.35. The molecule has 0 spiro atoms. The number of ether oxygens (including phenoxy) is 2. The maximum atomic E-state index is 8.14. The normalized spacial score (nSPS) is 9.20. The summed E-state index contributed by atoms with van der Waals surface area (Å²) in [6, 6.07) is 2.05. The molecule has 0 aromatic carbocycles. The van der Waals surface area contributed by atoms with Crippen LogP contribution in [0.2, 0.25) is 0 Å². The Balaban J connectivity index is 2.72. The molecule has 0 aromatic heterocycles. The van der Waals surface area contributed by atoms with E-state index in [1.54, 1.807) is 7.11 Å². The zero-order chi connectivity index (χ0) is 7.66. The van der Waals surface area contributed by atoms with Crippen molar-refractivity contribution < 1.29 is 9.47 Å². The van der Waals surface area contributed by atoms with Crippen LogP contribution in [0.15, 0.2) is 0 Å². The van der Waals surface area contributed by atoms with E-state index < -0.39 is 0 Å². The van der Waals surface area contributed by atoms with Crippen LogP contribution < -0.4 is 0 Å². The lowest BCUT2D eigenvalue weighted by Crippen LogP contribution is -2.02. The second-order valence-electron chi connectivity index (χ2n) is 1.87. The number of methoxy groups -OCH3 is 1. The Morgan fingerprint density at radius 1 is 1.30 bits per heavy atom. The monoisotopic (exact) mass is 143 g/mol. The second kappa shape index (κ2) is 8.41. The molecule has 0 rings (SSSR count). The molecule has 0 N–H and O–H groups in total. The summed E-state index contributed by atoms with van der Waals surface area (Å²) in [5, 5.41) is 8.14. The largest absolute Gasteiger partial charge is 0.382 e. The van der Waals surface area contributed by atoms with Gasteiger partial charge in [-0.25, -0.2) is 0 Å². The third-order valence-electron chi connectivity index (χ3n) is 1.01. The molecule has 3 nitrogen and oxygen atoms in total. The number of hydrogen-bond acceptors (Lipinski definition) is 3. The first kappa shape index (κ1) is 9.41. The average Bonchev–Trinajstić information content (AvgIpc) is 1.97. The molecule has 0 saturated carbocycles. The van der Waals surface area contributed by atoms with E-state index in [0.717, 1.165) is 6.42 Å². The molecule has 0 unspecified atom stereocenters. The highest BCUT2D eigenvalue weighted by atomic mass is 16.5. The maximum absolute atomic E-state index is 8.14. The lowest BCUT2D eigenvalue weighted by Gasteiger charge is -1.99. The van der Waals surface area contributed by atoms with Gasteiger partial charge in [-0.2, -0.15) is 5.26 Å². The highest BCUT2D eigenvalue weighted by molar-refractivity contribution is 4.67. The molecule has 3 heteroatoms. The van der Waals surface area contributed by atoms with Gasteiger partial charge in [0, 0.05) is 20.1 Å². The molecule has 0 radical (unpaired) electrons. The van der Waals surface area contributed by atoms with E-state index in [1.807, 2.05) is 6.07 Å². The molecule has 0 aliphatic rings. The minimum atomic E-state index is 0.576. The van der Waals surface area contributed by atoms with E-state index in [1.165, 1.54) is 0 Å². The summed E-state index contributed by atoms with van der Waals surface area (Å²) >= 11 is 0. The third-order valence-corrected chi connectivity index (χ3v) is 1.01. The van der Waals surface area contributed by atoms with Gasteiger partial charge in [0.25, 0.3) is 0 Å². The Kier molecular flexibility index (Phi) is 7.91. The number of unbranched alkanes of at least 4 members (excludes halogenated alkanes) is 1. The summed E-state index contributed by atoms with van der Waals surface area (Å²) in [6.45, 7) is 1.92. The molecule has 0 atom stereocenters. The fourth-order valence-corrected chi connectivity index (χ4v) is 0.498. The molecular formula is C7H13NO2. The summed E-state index contributed by atoms with van der Waals surface area (Å²) in [5.74, 6) is 0. The SMILES string of the molecule is COCCOCCCC#N. The van der Waals surface area contributed by atoms with Gasteiger partial charge in [-0.15, -0.1) is 0 Å². The smallest absolute Gasteiger partial charge is 0.0700 e. The van der Waals surface area contributed by atoms with Crippen molar-refractivity contribution in [3.63, 3.8) is 0 Å². The van der Waals surface area contributed by atoms with Crippen LogP contribution in [0, 0.1) is 11.3 Å². The van der Waals surface area contributed by atoms with Gasteiger partial charge < -0.3 is 9.47 Å². The summed E-state index contributed by atoms with van der Waals surface area (Å²) in [5.41, 5.74) is 0. The van der Waals surface area contributed by atoms with Crippen molar-refractivity contribution in [1.29, 1.82) is 5.26 Å². The van der Waals surface area contributed by atoms with Crippen LogP contribution in [-0.2, 0) is 9.47 Å². The van der Waals surface area contributed by atoms with Crippen LogP contribution in [0.3, 0.4) is 0 Å². The quantitative estimate of drug-likeness (QED) is 0.520. The molecule has 0 aromatic rings. The van der Waals surface area contributed by atoms with Crippen LogP contribution in [0.25, 0.3) is 0 Å². The summed E-state index contributed by atoms with van der Waals surface area (Å²) in [7, 11) is 1.64. The molecule has 0 bridgehead atoms. The molecule has 0 amide bonds. The van der Waals surface area contributed by atoms with E-state index in [4.69, 9.17) is 14.7 Å². The van der Waals surface area contributed by atoms with E-state index in [9.17, 15) is 0 Å². The fraction of sp³-hybridized carbons (Fsp3) is 0.857. The first-order valence-electron chi connectivity index (χ1n) is 3.35. The van der Waals surface area contributed by atoms with Crippen LogP contribution in [0.4, 0.5) is 0 Å². The van der Waals surface area contributed by atoms with Gasteiger partial charge in [-0.3, -0.25) is 0 Å². The standard InChI is InChI=1S/C7H13NO2/c1-9-6-7-10-5-3-2-4-8/h2-3,5-7H2,1H3. The second-order valence-corrected chi connectivity index (χ2v) is 1.87. The molecule has 0 aliphatic heterocycles. The van der Waals surface area contributed by atoms with Crippen LogP contribution in [0.1, 0.15) is 12.8 Å². The van der Waals surface area contributed by atoms with E-state index >= 15 is 0 Å². The van der Waals surface area contributed by atoms with Crippen molar-refractivity contribution in [2.24, 2.45) is 0 Å². The van der Waals surface area contributed by atoms with Crippen LogP contribution in [-0.4, -0.2) is 26.9 Å². The zero-order valence-electron chi connectivity index (χ0n) is 6.30. The maximum Gasteiger partial charge on any atom is 0.0700 e. The highest BCUT2D eigenvalue weighted by Crippen LogP contribution is 1.86. The third kappa shape index (κ3) is 7.41. The van der Waals surface area contributed by atoms with E-state index in [0.29, 0.717) is 26.2 Å². The minimum absolute atomic E-state index is 0.576. The van der Waals surface area contributed by atoms with Gasteiger partial charge in [-0.1, -0.05) is 0 Å². The Labute approximate surface area is 61.5 Å². The van der Waals surface area contributed by atoms with Crippen LogP contribution >= 0.6 is 0 Å². The van der Waals surface area contributed by atoms with Gasteiger partial charge in [0.2, 0.25) is 0 Å². The van der Waals surface area contributed by atoms with Gasteiger partial charge >= 0.3 is 0 Å². The first-order chi connectivity index (χ1) is 4.91. The Hall–Kier alpha value is -0.590. The molecule has 10 heavy (non-hydrogen) atoms. The Morgan fingerprint density at radius 3 is 2.70 bits per heavy atom. The molecule has 0 aliphatic carbocycles. The van der Waals surface area contributed by atoms with Crippen molar-refractivity contribution in [1.82, 2.24) is 0 Å². The predicted molar refractivity (Wildman–Crippen MR) is 37.5 cm³/mol. The van der Waals surface area contributed by atoms with Gasteiger partial charge in [-0.05, 0) is 6.42 Å². The van der Waals surface area contributed by atoms with Crippen molar-refractivity contribution in [2.75, 3.05) is 26.9 Å². The minimum Gasteiger partial charge on any atom is -0.382 e. The van der Waals surface area contributed by atoms with Crippen molar-refractivity contribution in [2.45, 2.75) is 12.8 Å². The molecular weight excluding hydrogens is 130 g/mol. The number of rotatable bonds is 6. The lowest BCUT2D eigenvalue weighted by atomic mass is 10.3. The summed E-state index contributed by atoms with van der Waals surface area (Å²) in [4.78, 5) is 0. The van der Waals surface area contributed by atoms with Crippen molar-refractivity contribution >= 4 is 0 Å². The van der Waals surface area contributed by atoms with E-state index in [2.05, 4.69) is 0 Å². The summed E-state index contributed by atoms with van der Waals surface area (Å²) < 4.78 is 9.86. The van der Waals surface area contributed by atoms with Gasteiger partial charge in [0.05, 0.1) is 19.3 Å². The summed E-state index contributed by atoms with van der Waals surface area (Å²) in [6.07, 6.45) is 1.40. The average molecular weight is 143 g/mol. The number of hydrogen-bond donors (Lipinski definition) is 0. The number of nitrogens with zero attached hydrogens (tertiary/aromatic N) is 1. The van der Waals surface area contributed by atoms with Crippen LogP contribution in [0.5, 0.6) is 0 Å². The van der Waals surface area contributed by atoms with E-state index in [-0.39, 0.29) is 0 Å². The molecule has 58 valence electrons. The fourth-order valence-electron chi connectivity index (χ4n) is 0.498. The van der Waals surface area contributed by atoms with Gasteiger partial charge in [0.1, 0.15) is 0 Å². The highest BCUT2D eigenvalue weighted by Gasteiger charge is 1.86. The van der Waals surface area contributed by atoms with Crippen molar-refractivity contribution in [3.8, 4) is 6.07 Å². The number of nitriles is 1. The predicted octanol–water partition coefficient (Wildman–Crippen LogP) is 0.953. The topological polar surface area (TPSA) is 42.2 Å². The zero-order valence-corrected chi connectivity index (χ0v) is 6.30. The Bertz CT molecular complexity index is 98.3. The van der Waals surface area contributed by atoms with Crippen molar-refractivity contribution in [3.05, 3.63) is 0 Å². The molecule has 0 fully saturated rings.